The molecule has 5 nitrogen and oxygen atoms in total. The van der Waals surface area contributed by atoms with E-state index < -0.39 is 23.7 Å². The zero-order chi connectivity index (χ0) is 13.9. The van der Waals surface area contributed by atoms with Crippen LogP contribution >= 0.6 is 0 Å². The maximum absolute atomic E-state index is 11.9. The highest BCUT2D eigenvalue weighted by Crippen LogP contribution is 2.20. The molecule has 1 atom stereocenters. The predicted molar refractivity (Wildman–Crippen MR) is 65.7 cm³/mol. The van der Waals surface area contributed by atoms with Crippen molar-refractivity contribution in [2.75, 3.05) is 13.7 Å². The minimum absolute atomic E-state index is 0.186. The van der Waals surface area contributed by atoms with Gasteiger partial charge in [-0.25, -0.2) is 9.59 Å². The molecule has 0 spiro atoms. The molecule has 1 heterocycles. The second-order valence-corrected chi connectivity index (χ2v) is 4.91. The first-order chi connectivity index (χ1) is 8.28. The molecule has 0 saturated heterocycles. The number of hydrogen-bond donors (Lipinski definition) is 0. The molecule has 98 valence electrons. The molecule has 0 fully saturated rings. The highest BCUT2D eigenvalue weighted by atomic mass is 16.6. The Balaban J connectivity index is 2.86. The van der Waals surface area contributed by atoms with Crippen molar-refractivity contribution in [3.8, 4) is 12.3 Å². The van der Waals surface area contributed by atoms with Gasteiger partial charge in [0.25, 0.3) is 0 Å². The lowest BCUT2D eigenvalue weighted by Crippen LogP contribution is -2.44. The molecule has 0 aromatic carbocycles. The van der Waals surface area contributed by atoms with E-state index >= 15 is 0 Å². The van der Waals surface area contributed by atoms with E-state index in [1.807, 2.05) is 0 Å². The lowest BCUT2D eigenvalue weighted by Gasteiger charge is -2.27. The van der Waals surface area contributed by atoms with Gasteiger partial charge in [0.2, 0.25) is 0 Å². The van der Waals surface area contributed by atoms with Crippen molar-refractivity contribution < 1.29 is 19.1 Å². The van der Waals surface area contributed by atoms with E-state index in [-0.39, 0.29) is 6.54 Å². The topological polar surface area (TPSA) is 55.8 Å². The van der Waals surface area contributed by atoms with Crippen molar-refractivity contribution in [1.82, 2.24) is 4.90 Å². The molecule has 0 aliphatic carbocycles. The fourth-order valence-electron chi connectivity index (χ4n) is 1.52. The average molecular weight is 251 g/mol. The summed E-state index contributed by atoms with van der Waals surface area (Å²) in [6.45, 7) is 5.45. The Morgan fingerprint density at radius 3 is 2.56 bits per heavy atom. The molecular weight excluding hydrogens is 234 g/mol. The second kappa shape index (κ2) is 5.13. The summed E-state index contributed by atoms with van der Waals surface area (Å²) in [5, 5.41) is 0. The maximum atomic E-state index is 11.9. The summed E-state index contributed by atoms with van der Waals surface area (Å²) in [5.41, 5.74) is -0.0623. The Hall–Kier alpha value is -1.96. The number of terminal acetylenes is 1. The number of hydrogen-bond acceptors (Lipinski definition) is 4. The number of rotatable bonds is 1. The van der Waals surface area contributed by atoms with Crippen LogP contribution in [0, 0.1) is 12.3 Å². The van der Waals surface area contributed by atoms with Gasteiger partial charge in [0.05, 0.1) is 13.7 Å². The summed E-state index contributed by atoms with van der Waals surface area (Å²) < 4.78 is 9.85. The number of nitrogens with zero attached hydrogens (tertiary/aromatic N) is 1. The van der Waals surface area contributed by atoms with Crippen molar-refractivity contribution in [3.63, 3.8) is 0 Å². The van der Waals surface area contributed by atoms with Crippen LogP contribution in [0.5, 0.6) is 0 Å². The van der Waals surface area contributed by atoms with Crippen LogP contribution in [0.4, 0.5) is 4.79 Å². The van der Waals surface area contributed by atoms with Crippen LogP contribution < -0.4 is 0 Å². The number of carbonyl (C=O) groups excluding carboxylic acids is 2. The molecule has 0 saturated carbocycles. The molecular formula is C13H17NO4. The lowest BCUT2D eigenvalue weighted by molar-refractivity contribution is -0.144. The number of esters is 1. The van der Waals surface area contributed by atoms with E-state index in [0.717, 1.165) is 0 Å². The summed E-state index contributed by atoms with van der Waals surface area (Å²) in [6, 6.07) is -0.809. The predicted octanol–water partition coefficient (Wildman–Crippen LogP) is 1.34. The standard InChI is InChI=1S/C13H17NO4/c1-6-9-7-10(11(15)17-5)14(8-9)12(16)18-13(2,3)4/h1,7,10H,8H2,2-5H3/t10-/m1/s1. The van der Waals surface area contributed by atoms with Gasteiger partial charge in [0.15, 0.2) is 6.04 Å². The molecule has 1 rings (SSSR count). The second-order valence-electron chi connectivity index (χ2n) is 4.91. The number of ether oxygens (including phenoxy) is 2. The Kier molecular flexibility index (Phi) is 4.02. The quantitative estimate of drug-likeness (QED) is 0.521. The molecule has 0 bridgehead atoms. The van der Waals surface area contributed by atoms with Crippen LogP contribution in [0.3, 0.4) is 0 Å². The van der Waals surface area contributed by atoms with Crippen molar-refractivity contribution in [1.29, 1.82) is 0 Å². The highest BCUT2D eigenvalue weighted by Gasteiger charge is 2.36. The normalized spacial score (nSPS) is 18.9. The van der Waals surface area contributed by atoms with Gasteiger partial charge >= 0.3 is 12.1 Å². The van der Waals surface area contributed by atoms with Gasteiger partial charge in [-0.3, -0.25) is 4.90 Å². The molecule has 5 heteroatoms. The van der Waals surface area contributed by atoms with E-state index in [4.69, 9.17) is 11.2 Å². The van der Waals surface area contributed by atoms with Crippen LogP contribution in [-0.2, 0) is 14.3 Å². The van der Waals surface area contributed by atoms with Crippen molar-refractivity contribution in [3.05, 3.63) is 11.6 Å². The zero-order valence-electron chi connectivity index (χ0n) is 11.0. The van der Waals surface area contributed by atoms with E-state index in [1.165, 1.54) is 18.1 Å². The maximum Gasteiger partial charge on any atom is 0.411 e. The van der Waals surface area contributed by atoms with Crippen LogP contribution in [0.25, 0.3) is 0 Å². The third-order valence-corrected chi connectivity index (χ3v) is 2.29. The van der Waals surface area contributed by atoms with Gasteiger partial charge in [-0.15, -0.1) is 6.42 Å². The third-order valence-electron chi connectivity index (χ3n) is 2.29. The van der Waals surface area contributed by atoms with Crippen LogP contribution in [0.15, 0.2) is 11.6 Å². The smallest absolute Gasteiger partial charge is 0.411 e. The molecule has 1 aliphatic heterocycles. The summed E-state index contributed by atoms with van der Waals surface area (Å²) in [6.07, 6.45) is 6.23. The summed E-state index contributed by atoms with van der Waals surface area (Å²) >= 11 is 0. The van der Waals surface area contributed by atoms with Crippen molar-refractivity contribution in [2.45, 2.75) is 32.4 Å². The Bertz CT molecular complexity index is 425. The Morgan fingerprint density at radius 1 is 1.50 bits per heavy atom. The molecule has 0 aromatic rings. The van der Waals surface area contributed by atoms with Gasteiger partial charge in [-0.2, -0.15) is 0 Å². The van der Waals surface area contributed by atoms with Crippen LogP contribution in [-0.4, -0.2) is 42.3 Å². The van der Waals surface area contributed by atoms with E-state index in [1.54, 1.807) is 20.8 Å². The summed E-state index contributed by atoms with van der Waals surface area (Å²) in [4.78, 5) is 24.8. The van der Waals surface area contributed by atoms with Gasteiger partial charge in [0, 0.05) is 5.57 Å². The minimum atomic E-state index is -0.809. The highest BCUT2D eigenvalue weighted by molar-refractivity contribution is 5.85. The lowest BCUT2D eigenvalue weighted by atomic mass is 10.2. The first-order valence-corrected chi connectivity index (χ1v) is 5.53. The van der Waals surface area contributed by atoms with Crippen LogP contribution in [0.2, 0.25) is 0 Å². The summed E-state index contributed by atoms with van der Waals surface area (Å²) in [7, 11) is 1.26. The van der Waals surface area contributed by atoms with Gasteiger partial charge in [0.1, 0.15) is 5.60 Å². The number of methoxy groups -OCH3 is 1. The number of carbonyl (C=O) groups is 2. The van der Waals surface area contributed by atoms with E-state index in [2.05, 4.69) is 10.7 Å². The largest absolute Gasteiger partial charge is 0.467 e. The van der Waals surface area contributed by atoms with Gasteiger partial charge in [-0.1, -0.05) is 5.92 Å². The van der Waals surface area contributed by atoms with Crippen molar-refractivity contribution in [2.24, 2.45) is 0 Å². The first-order valence-electron chi connectivity index (χ1n) is 5.53. The first kappa shape index (κ1) is 14.1. The van der Waals surface area contributed by atoms with E-state index in [0.29, 0.717) is 5.57 Å². The van der Waals surface area contributed by atoms with Crippen LogP contribution in [0.1, 0.15) is 20.8 Å². The fourth-order valence-corrected chi connectivity index (χ4v) is 1.52. The fraction of sp³-hybridized carbons (Fsp3) is 0.538. The molecule has 1 amide bonds. The number of amides is 1. The van der Waals surface area contributed by atoms with Crippen molar-refractivity contribution >= 4 is 12.1 Å². The third kappa shape index (κ3) is 3.27. The van der Waals surface area contributed by atoms with E-state index in [9.17, 15) is 9.59 Å². The zero-order valence-corrected chi connectivity index (χ0v) is 11.0. The molecule has 1 aliphatic rings. The van der Waals surface area contributed by atoms with Gasteiger partial charge < -0.3 is 9.47 Å². The molecule has 0 unspecified atom stereocenters. The molecule has 0 radical (unpaired) electrons. The van der Waals surface area contributed by atoms with Gasteiger partial charge in [-0.05, 0) is 26.8 Å². The summed E-state index contributed by atoms with van der Waals surface area (Å²) in [5.74, 6) is 1.89. The molecule has 0 aromatic heterocycles. The minimum Gasteiger partial charge on any atom is -0.467 e. The SMILES string of the molecule is C#CC1=C[C@H](C(=O)OC)N(C(=O)OC(C)(C)C)C1. The monoisotopic (exact) mass is 251 g/mol. The Morgan fingerprint density at radius 2 is 2.11 bits per heavy atom. The Labute approximate surface area is 107 Å². The molecule has 0 N–H and O–H groups in total. The average Bonchev–Trinajstić information content (AvgIpc) is 2.69. The molecule has 18 heavy (non-hydrogen) atoms.